The van der Waals surface area contributed by atoms with E-state index in [1.165, 1.54) is 22.3 Å². The summed E-state index contributed by atoms with van der Waals surface area (Å²) in [6.07, 6.45) is 5.39. The van der Waals surface area contributed by atoms with Gasteiger partial charge in [-0.2, -0.15) is 13.3 Å². The van der Waals surface area contributed by atoms with Crippen LogP contribution in [0.2, 0.25) is 0 Å². The monoisotopic (exact) mass is 662 g/mol. The summed E-state index contributed by atoms with van der Waals surface area (Å²) >= 11 is 0. The third-order valence-corrected chi connectivity index (χ3v) is 4.97. The number of fused-ring (bicyclic) bond motifs is 3. The Morgan fingerprint density at radius 2 is 0.946 bits per heavy atom. The predicted octanol–water partition coefficient (Wildman–Crippen LogP) is 6.16. The van der Waals surface area contributed by atoms with E-state index in [0.29, 0.717) is 0 Å². The quantitative estimate of drug-likeness (QED) is 0.0979. The molecule has 3 aromatic carbocycles. The van der Waals surface area contributed by atoms with Gasteiger partial charge in [0.05, 0.1) is 11.0 Å². The molecule has 0 atom stereocenters. The van der Waals surface area contributed by atoms with Gasteiger partial charge in [0, 0.05) is 43.6 Å². The zero-order chi connectivity index (χ0) is 26.8. The fourth-order valence-corrected chi connectivity index (χ4v) is 3.57. The summed E-state index contributed by atoms with van der Waals surface area (Å²) in [5, 5.41) is 2.26. The minimum atomic E-state index is 0. The Hall–Kier alpha value is -4.31. The number of hydrogen-bond acceptors (Lipinski definition) is 6. The normalized spacial score (nSPS) is 9.11. The van der Waals surface area contributed by atoms with Crippen LogP contribution in [0.1, 0.15) is 6.92 Å². The molecular weight excluding hydrogens is 637 g/mol. The van der Waals surface area contributed by atoms with E-state index in [1.54, 1.807) is 6.21 Å². The van der Waals surface area contributed by atoms with Crippen molar-refractivity contribution >= 4 is 48.4 Å². The van der Waals surface area contributed by atoms with Crippen LogP contribution in [0.5, 0.6) is 0 Å². The maximum Gasteiger partial charge on any atom is 0.0970 e. The second-order valence-electron chi connectivity index (χ2n) is 6.75. The molecule has 0 aliphatic heterocycles. The third-order valence-electron chi connectivity index (χ3n) is 4.97. The summed E-state index contributed by atoms with van der Waals surface area (Å²) in [4.78, 5) is 35.9. The Bertz CT molecular complexity index is 1260. The molecule has 6 nitrogen and oxygen atoms in total. The molecule has 189 valence electrons. The molecule has 0 amide bonds. The van der Waals surface area contributed by atoms with Crippen molar-refractivity contribution in [1.82, 2.24) is 9.97 Å². The number of benzene rings is 3. The Morgan fingerprint density at radius 3 is 1.24 bits per heavy atom. The zero-order valence-corrected chi connectivity index (χ0v) is 22.9. The summed E-state index contributed by atoms with van der Waals surface area (Å²) < 4.78 is 0. The second-order valence-corrected chi connectivity index (χ2v) is 6.75. The summed E-state index contributed by atoms with van der Waals surface area (Å²) in [5.74, 6) is 0. The van der Waals surface area contributed by atoms with Crippen molar-refractivity contribution in [2.24, 2.45) is 4.99 Å². The molecule has 7 heteroatoms. The van der Waals surface area contributed by atoms with Gasteiger partial charge < -0.3 is 19.4 Å². The molecule has 1 radical (unpaired) electrons. The van der Waals surface area contributed by atoms with Crippen LogP contribution in [0.15, 0.2) is 102 Å². The van der Waals surface area contributed by atoms with Crippen LogP contribution in [-0.4, -0.2) is 36.5 Å². The number of pyridine rings is 2. The van der Waals surface area contributed by atoms with Gasteiger partial charge in [-0.15, -0.1) is 0 Å². The minimum absolute atomic E-state index is 0. The van der Waals surface area contributed by atoms with Crippen molar-refractivity contribution in [3.05, 3.63) is 104 Å². The molecule has 0 aliphatic rings. The summed E-state index contributed by atoms with van der Waals surface area (Å²) in [5.41, 5.74) is 6.65. The van der Waals surface area contributed by atoms with E-state index < -0.39 is 0 Å². The van der Waals surface area contributed by atoms with E-state index in [-0.39, 0.29) is 20.4 Å². The van der Waals surface area contributed by atoms with Crippen LogP contribution < -0.4 is 0 Å². The van der Waals surface area contributed by atoms with E-state index in [2.05, 4.69) is 115 Å². The summed E-state index contributed by atoms with van der Waals surface area (Å²) in [6, 6.07) is 29.3. The fourth-order valence-electron chi connectivity index (χ4n) is 3.57. The van der Waals surface area contributed by atoms with Crippen LogP contribution >= 0.6 is 0 Å². The number of nitrogens with zero attached hydrogens (tertiary/aromatic N) is 3. The maximum absolute atomic E-state index is 7.75. The Kier molecular flexibility index (Phi) is 16.7. The summed E-state index contributed by atoms with van der Waals surface area (Å²) in [6.45, 7) is 11.6. The van der Waals surface area contributed by atoms with Gasteiger partial charge >= 0.3 is 0 Å². The number of hydrogen-bond donors (Lipinski definition) is 0. The van der Waals surface area contributed by atoms with Gasteiger partial charge in [-0.05, 0) is 34.4 Å². The van der Waals surface area contributed by atoms with E-state index in [9.17, 15) is 0 Å². The van der Waals surface area contributed by atoms with E-state index in [0.717, 1.165) is 21.8 Å². The SMILES string of the molecule is [CH-]=O.[CH-]=O.[CH-]=O.[CH2-]N=CC.[Re].c1ccc(-c2ccnc3c2ccc2c(-c4ccccc4)ccnc23)cc1. The second kappa shape index (κ2) is 18.9. The molecule has 5 rings (SSSR count). The number of aliphatic imine (C=N–C) groups is 1. The molecule has 0 unspecified atom stereocenters. The largest absolute Gasteiger partial charge is 0.545 e. The van der Waals surface area contributed by atoms with Gasteiger partial charge in [-0.25, -0.2) is 0 Å². The smallest absolute Gasteiger partial charge is 0.0970 e. The first-order chi connectivity index (χ1) is 17.8. The standard InChI is InChI=1S/C24H16N2.C3H6N.3CHO.Re/c1-3-7-17(8-4-1)19-13-15-25-23-21(19)11-12-22-20(14-16-26-24(22)23)18-9-5-2-6-10-18;1-3-4-2;3*1-2;/h1-16H;3H,2H2,1H3;3*1H;/q;4*-1;. The Labute approximate surface area is 231 Å². The van der Waals surface area contributed by atoms with Gasteiger partial charge in [0.15, 0.2) is 0 Å². The first kappa shape index (κ1) is 32.7. The van der Waals surface area contributed by atoms with Crippen LogP contribution in [0.25, 0.3) is 44.1 Å². The first-order valence-electron chi connectivity index (χ1n) is 10.5. The fraction of sp³-hybridized carbons (Fsp3) is 0.0333. The van der Waals surface area contributed by atoms with Crippen molar-refractivity contribution in [3.8, 4) is 22.3 Å². The van der Waals surface area contributed by atoms with Crippen molar-refractivity contribution < 1.29 is 34.8 Å². The van der Waals surface area contributed by atoms with Crippen LogP contribution in [0, 0.1) is 7.05 Å². The molecule has 0 bridgehead atoms. The molecule has 0 fully saturated rings. The minimum Gasteiger partial charge on any atom is -0.545 e. The average molecular weight is 662 g/mol. The van der Waals surface area contributed by atoms with Crippen LogP contribution in [0.4, 0.5) is 0 Å². The van der Waals surface area contributed by atoms with Gasteiger partial charge in [0.25, 0.3) is 0 Å². The van der Waals surface area contributed by atoms with Crippen LogP contribution in [-0.2, 0) is 34.8 Å². The van der Waals surface area contributed by atoms with Gasteiger partial charge in [0.1, 0.15) is 0 Å². The van der Waals surface area contributed by atoms with Gasteiger partial charge in [0.2, 0.25) is 0 Å². The maximum atomic E-state index is 7.75. The summed E-state index contributed by atoms with van der Waals surface area (Å²) in [7, 11) is 3.17. The predicted molar refractivity (Wildman–Crippen MR) is 148 cm³/mol. The molecule has 0 N–H and O–H groups in total. The Morgan fingerprint density at radius 1 is 0.622 bits per heavy atom. The van der Waals surface area contributed by atoms with Crippen molar-refractivity contribution in [3.63, 3.8) is 0 Å². The van der Waals surface area contributed by atoms with E-state index in [1.807, 2.05) is 31.5 Å². The Balaban J connectivity index is 0.00000105. The molecule has 0 saturated carbocycles. The molecule has 0 spiro atoms. The molecule has 2 aromatic heterocycles. The zero-order valence-electron chi connectivity index (χ0n) is 20.2. The molecular formula is C30H25N3O3Re-4. The molecule has 0 aliphatic carbocycles. The average Bonchev–Trinajstić information content (AvgIpc) is 3.00. The van der Waals surface area contributed by atoms with Crippen LogP contribution in [0.3, 0.4) is 0 Å². The van der Waals surface area contributed by atoms with Gasteiger partial charge in [-0.3, -0.25) is 30.3 Å². The van der Waals surface area contributed by atoms with Crippen molar-refractivity contribution in [2.45, 2.75) is 6.92 Å². The number of rotatable bonds is 2. The molecule has 5 aromatic rings. The first-order valence-corrected chi connectivity index (χ1v) is 10.5. The van der Waals surface area contributed by atoms with E-state index in [4.69, 9.17) is 14.4 Å². The van der Waals surface area contributed by atoms with Crippen molar-refractivity contribution in [2.75, 3.05) is 0 Å². The van der Waals surface area contributed by atoms with E-state index >= 15 is 0 Å². The third kappa shape index (κ3) is 8.39. The molecule has 37 heavy (non-hydrogen) atoms. The molecule has 2 heterocycles. The van der Waals surface area contributed by atoms with Crippen molar-refractivity contribution in [1.29, 1.82) is 0 Å². The molecule has 0 saturated heterocycles. The van der Waals surface area contributed by atoms with Gasteiger partial charge in [-0.1, -0.05) is 79.7 Å². The number of carbonyl (C=O) groups excluding carboxylic acids is 3. The topological polar surface area (TPSA) is 89.4 Å². The number of aromatic nitrogens is 2.